The highest BCUT2D eigenvalue weighted by Crippen LogP contribution is 2.44. The monoisotopic (exact) mass is 498 g/mol. The molecule has 10 heteroatoms. The van der Waals surface area contributed by atoms with E-state index in [1.807, 2.05) is 30.3 Å². The molecule has 2 aromatic rings. The zero-order valence-corrected chi connectivity index (χ0v) is 20.4. The Hall–Kier alpha value is -3.43. The molecule has 2 N–H and O–H groups in total. The number of fused-ring (bicyclic) bond motifs is 1. The number of esters is 1. The molecular formula is C25H27ClN4O5. The normalized spacial score (nSPS) is 25.4. The summed E-state index contributed by atoms with van der Waals surface area (Å²) in [4.78, 5) is 54.8. The van der Waals surface area contributed by atoms with Gasteiger partial charge in [-0.25, -0.2) is 4.79 Å². The van der Waals surface area contributed by atoms with Crippen molar-refractivity contribution in [1.82, 2.24) is 15.1 Å². The number of anilines is 1. The molecule has 0 bridgehead atoms. The molecule has 2 aromatic carbocycles. The lowest BCUT2D eigenvalue weighted by Gasteiger charge is -2.32. The van der Waals surface area contributed by atoms with E-state index in [1.165, 1.54) is 19.1 Å². The molecule has 0 aliphatic carbocycles. The molecular weight excluding hydrogens is 472 g/mol. The summed E-state index contributed by atoms with van der Waals surface area (Å²) in [6, 6.07) is 14.9. The molecule has 0 aromatic heterocycles. The second-order valence-corrected chi connectivity index (χ2v) is 9.37. The van der Waals surface area contributed by atoms with Gasteiger partial charge in [0.25, 0.3) is 0 Å². The van der Waals surface area contributed by atoms with E-state index in [-0.39, 0.29) is 18.9 Å². The minimum Gasteiger partial charge on any atom is -0.468 e. The van der Waals surface area contributed by atoms with Crippen molar-refractivity contribution in [1.29, 1.82) is 0 Å². The van der Waals surface area contributed by atoms with Gasteiger partial charge >= 0.3 is 12.0 Å². The largest absolute Gasteiger partial charge is 0.468 e. The molecule has 4 rings (SSSR count). The van der Waals surface area contributed by atoms with E-state index < -0.39 is 41.3 Å². The fraction of sp³-hybridized carbons (Fsp3) is 0.360. The summed E-state index contributed by atoms with van der Waals surface area (Å²) in [5.41, 5.74) is -0.0760. The number of nitrogens with one attached hydrogen (secondary N) is 2. The Morgan fingerprint density at radius 2 is 1.77 bits per heavy atom. The topological polar surface area (TPSA) is 108 Å². The smallest absolute Gasteiger partial charge is 0.327 e. The molecule has 9 nitrogen and oxygen atoms in total. The van der Waals surface area contributed by atoms with Crippen LogP contribution in [0.5, 0.6) is 0 Å². The maximum Gasteiger partial charge on any atom is 0.327 e. The maximum absolute atomic E-state index is 13.2. The van der Waals surface area contributed by atoms with E-state index in [2.05, 4.69) is 10.6 Å². The van der Waals surface area contributed by atoms with Gasteiger partial charge in [-0.1, -0.05) is 41.9 Å². The summed E-state index contributed by atoms with van der Waals surface area (Å²) < 4.78 is 5.14. The van der Waals surface area contributed by atoms with E-state index in [4.69, 9.17) is 16.3 Å². The Balaban J connectivity index is 1.62. The number of urea groups is 1. The number of hydrogen-bond acceptors (Lipinski definition) is 6. The van der Waals surface area contributed by atoms with E-state index in [9.17, 15) is 19.2 Å². The minimum atomic E-state index is -1.45. The molecule has 2 aliphatic heterocycles. The van der Waals surface area contributed by atoms with Crippen LogP contribution >= 0.6 is 11.6 Å². The summed E-state index contributed by atoms with van der Waals surface area (Å²) in [5, 5.41) is 6.58. The summed E-state index contributed by atoms with van der Waals surface area (Å²) in [6.45, 7) is 0.0843. The Bertz CT molecular complexity index is 1140. The van der Waals surface area contributed by atoms with Crippen LogP contribution in [0.15, 0.2) is 54.6 Å². The third-order valence-corrected chi connectivity index (χ3v) is 7.02. The first-order chi connectivity index (χ1) is 16.7. The van der Waals surface area contributed by atoms with E-state index in [0.29, 0.717) is 10.7 Å². The van der Waals surface area contributed by atoms with Crippen molar-refractivity contribution in [3.8, 4) is 0 Å². The van der Waals surface area contributed by atoms with Crippen LogP contribution in [-0.2, 0) is 25.5 Å². The number of benzene rings is 2. The van der Waals surface area contributed by atoms with Gasteiger partial charge in [-0.15, -0.1) is 0 Å². The van der Waals surface area contributed by atoms with Gasteiger partial charge in [0.1, 0.15) is 5.54 Å². The minimum absolute atomic E-state index is 0.0843. The summed E-state index contributed by atoms with van der Waals surface area (Å²) in [6.07, 6.45) is 0.158. The zero-order chi connectivity index (χ0) is 25.3. The van der Waals surface area contributed by atoms with Crippen molar-refractivity contribution >= 4 is 41.1 Å². The second kappa shape index (κ2) is 9.67. The first-order valence-corrected chi connectivity index (χ1v) is 11.5. The van der Waals surface area contributed by atoms with Gasteiger partial charge < -0.3 is 15.0 Å². The van der Waals surface area contributed by atoms with Gasteiger partial charge in [-0.3, -0.25) is 24.6 Å². The quantitative estimate of drug-likeness (QED) is 0.467. The van der Waals surface area contributed by atoms with Crippen LogP contribution in [0.4, 0.5) is 10.5 Å². The number of methoxy groups -OCH3 is 1. The molecule has 0 radical (unpaired) electrons. The number of likely N-dealkylation sites (tertiary alicyclic amines) is 1. The molecule has 35 heavy (non-hydrogen) atoms. The average Bonchev–Trinajstić information content (AvgIpc) is 3.29. The molecule has 0 saturated carbocycles. The second-order valence-electron chi connectivity index (χ2n) is 8.93. The number of carbonyl (C=O) groups is 4. The van der Waals surface area contributed by atoms with Crippen molar-refractivity contribution in [3.05, 3.63) is 65.2 Å². The number of likely N-dealkylation sites (N-methyl/N-ethyl adjacent to an activating group) is 1. The first-order valence-electron chi connectivity index (χ1n) is 11.2. The third-order valence-electron chi connectivity index (χ3n) is 6.77. The molecule has 184 valence electrons. The molecule has 0 unspecified atom stereocenters. The van der Waals surface area contributed by atoms with E-state index in [0.717, 1.165) is 10.5 Å². The summed E-state index contributed by atoms with van der Waals surface area (Å²) >= 11 is 5.90. The number of nitrogens with zero attached hydrogens (tertiary/aromatic N) is 2. The van der Waals surface area contributed by atoms with Crippen LogP contribution in [0.1, 0.15) is 5.56 Å². The molecule has 4 atom stereocenters. The number of imide groups is 1. The van der Waals surface area contributed by atoms with E-state index >= 15 is 0 Å². The Morgan fingerprint density at radius 3 is 2.40 bits per heavy atom. The predicted molar refractivity (Wildman–Crippen MR) is 130 cm³/mol. The van der Waals surface area contributed by atoms with Crippen molar-refractivity contribution < 1.29 is 23.9 Å². The van der Waals surface area contributed by atoms with Gasteiger partial charge in [0.2, 0.25) is 11.8 Å². The molecule has 4 amide bonds. The lowest BCUT2D eigenvalue weighted by atomic mass is 9.76. The molecule has 2 fully saturated rings. The van der Waals surface area contributed by atoms with Crippen LogP contribution < -0.4 is 10.6 Å². The van der Waals surface area contributed by atoms with Crippen LogP contribution in [0.25, 0.3) is 0 Å². The van der Waals surface area contributed by atoms with Crippen LogP contribution in [0, 0.1) is 11.8 Å². The fourth-order valence-electron chi connectivity index (χ4n) is 5.08. The summed E-state index contributed by atoms with van der Waals surface area (Å²) in [7, 11) is 4.26. The summed E-state index contributed by atoms with van der Waals surface area (Å²) in [5.74, 6) is -3.22. The van der Waals surface area contributed by atoms with Crippen molar-refractivity contribution in [2.24, 2.45) is 11.8 Å². The SMILES string of the molecule is COC(=O)[C@]1(Cc2ccccc2)N[C@H](CN(C)C(=O)Nc2ccc(Cl)cc2)[C@@H]2C(=O)N(C)C(=O)[C@@H]21. The standard InChI is InChI=1S/C25H27ClN4O5/c1-29(24(34)27-17-11-9-16(26)10-12-17)14-18-19-20(22(32)30(2)21(19)31)25(28-18,23(33)35-3)13-15-7-5-4-6-8-15/h4-12,18-20,28H,13-14H2,1-3H3,(H,27,34)/t18-,19+,20-,25-/m1/s1. The molecule has 2 aliphatic rings. The Morgan fingerprint density at radius 1 is 1.11 bits per heavy atom. The molecule has 2 heterocycles. The Kier molecular flexibility index (Phi) is 6.82. The van der Waals surface area contributed by atoms with E-state index in [1.54, 1.807) is 31.3 Å². The van der Waals surface area contributed by atoms with Crippen molar-refractivity contribution in [3.63, 3.8) is 0 Å². The number of halogens is 1. The van der Waals surface area contributed by atoms with Gasteiger partial charge in [-0.05, 0) is 29.8 Å². The van der Waals surface area contributed by atoms with Crippen molar-refractivity contribution in [2.75, 3.05) is 33.1 Å². The molecule has 2 saturated heterocycles. The molecule has 0 spiro atoms. The zero-order valence-electron chi connectivity index (χ0n) is 19.7. The highest BCUT2D eigenvalue weighted by molar-refractivity contribution is 6.30. The lowest BCUT2D eigenvalue weighted by molar-refractivity contribution is -0.153. The number of ether oxygens (including phenoxy) is 1. The number of hydrogen-bond donors (Lipinski definition) is 2. The van der Waals surface area contributed by atoms with Crippen LogP contribution in [0.3, 0.4) is 0 Å². The number of carbonyl (C=O) groups excluding carboxylic acids is 4. The van der Waals surface area contributed by atoms with Gasteiger partial charge in [0, 0.05) is 43.8 Å². The highest BCUT2D eigenvalue weighted by atomic mass is 35.5. The maximum atomic E-state index is 13.2. The van der Waals surface area contributed by atoms with Gasteiger partial charge in [0.05, 0.1) is 18.9 Å². The van der Waals surface area contributed by atoms with Crippen molar-refractivity contribution in [2.45, 2.75) is 18.0 Å². The predicted octanol–water partition coefficient (Wildman–Crippen LogP) is 2.16. The number of rotatable bonds is 6. The third kappa shape index (κ3) is 4.49. The highest BCUT2D eigenvalue weighted by Gasteiger charge is 2.68. The Labute approximate surface area is 208 Å². The lowest BCUT2D eigenvalue weighted by Crippen LogP contribution is -2.59. The first kappa shape index (κ1) is 24.7. The van der Waals surface area contributed by atoms with Gasteiger partial charge in [0.15, 0.2) is 0 Å². The average molecular weight is 499 g/mol. The fourth-order valence-corrected chi connectivity index (χ4v) is 5.20. The van der Waals surface area contributed by atoms with Gasteiger partial charge in [-0.2, -0.15) is 0 Å². The van der Waals surface area contributed by atoms with Crippen LogP contribution in [-0.4, -0.2) is 72.9 Å². The number of amides is 4. The van der Waals surface area contributed by atoms with Crippen LogP contribution in [0.2, 0.25) is 5.02 Å².